The van der Waals surface area contributed by atoms with E-state index in [1.165, 1.54) is 0 Å². The monoisotopic (exact) mass is 371 g/mol. The second-order valence-corrected chi connectivity index (χ2v) is 6.87. The van der Waals surface area contributed by atoms with Crippen LogP contribution in [0, 0.1) is 6.92 Å². The molecule has 2 aromatic rings. The number of likely N-dealkylation sites (N-methyl/N-ethyl adjacent to an activating group) is 1. The van der Waals surface area contributed by atoms with E-state index in [0.717, 1.165) is 48.2 Å². The van der Waals surface area contributed by atoms with E-state index in [1.807, 2.05) is 24.0 Å². The van der Waals surface area contributed by atoms with Crippen LogP contribution in [0.15, 0.2) is 22.8 Å². The maximum absolute atomic E-state index is 11.7. The summed E-state index contributed by atoms with van der Waals surface area (Å²) in [7, 11) is 0. The van der Waals surface area contributed by atoms with Crippen LogP contribution in [-0.2, 0) is 17.8 Å². The number of aromatic nitrogens is 2. The lowest BCUT2D eigenvalue weighted by Crippen LogP contribution is -2.36. The van der Waals surface area contributed by atoms with Gasteiger partial charge in [-0.25, -0.2) is 9.97 Å². The molecule has 3 rings (SSSR count). The molecule has 0 aliphatic carbocycles. The lowest BCUT2D eigenvalue weighted by Gasteiger charge is -2.31. The Morgan fingerprint density at radius 2 is 2.15 bits per heavy atom. The molecule has 1 unspecified atom stereocenters. The van der Waals surface area contributed by atoms with Crippen LogP contribution in [-0.4, -0.2) is 51.9 Å². The summed E-state index contributed by atoms with van der Waals surface area (Å²) in [6.07, 6.45) is 2.49. The van der Waals surface area contributed by atoms with Gasteiger partial charge in [0, 0.05) is 25.6 Å². The SMILES string of the molecule is CCN(CC)C(CNc1nc(C)nc2c1CCN(C(C)=O)C2)c1ccco1. The average molecular weight is 371 g/mol. The van der Waals surface area contributed by atoms with E-state index in [9.17, 15) is 4.79 Å². The van der Waals surface area contributed by atoms with E-state index >= 15 is 0 Å². The molecule has 0 fully saturated rings. The van der Waals surface area contributed by atoms with Crippen molar-refractivity contribution in [3.05, 3.63) is 41.2 Å². The molecule has 27 heavy (non-hydrogen) atoms. The molecule has 1 amide bonds. The minimum Gasteiger partial charge on any atom is -0.468 e. The molecule has 7 nitrogen and oxygen atoms in total. The van der Waals surface area contributed by atoms with E-state index in [0.29, 0.717) is 19.6 Å². The zero-order chi connectivity index (χ0) is 19.4. The summed E-state index contributed by atoms with van der Waals surface area (Å²) >= 11 is 0. The van der Waals surface area contributed by atoms with Gasteiger partial charge in [-0.05, 0) is 38.6 Å². The molecule has 1 atom stereocenters. The number of carbonyl (C=O) groups is 1. The van der Waals surface area contributed by atoms with Gasteiger partial charge >= 0.3 is 0 Å². The van der Waals surface area contributed by atoms with Gasteiger partial charge < -0.3 is 14.6 Å². The maximum Gasteiger partial charge on any atom is 0.219 e. The summed E-state index contributed by atoms with van der Waals surface area (Å²) in [5.41, 5.74) is 2.07. The van der Waals surface area contributed by atoms with Gasteiger partial charge in [0.1, 0.15) is 17.4 Å². The summed E-state index contributed by atoms with van der Waals surface area (Å²) in [5, 5.41) is 3.54. The van der Waals surface area contributed by atoms with Crippen LogP contribution >= 0.6 is 0 Å². The van der Waals surface area contributed by atoms with Crippen molar-refractivity contribution in [3.63, 3.8) is 0 Å². The summed E-state index contributed by atoms with van der Waals surface area (Å²) in [6, 6.07) is 4.09. The fourth-order valence-electron chi connectivity index (χ4n) is 3.72. The molecule has 0 radical (unpaired) electrons. The second-order valence-electron chi connectivity index (χ2n) is 6.87. The van der Waals surface area contributed by atoms with Crippen LogP contribution in [0.25, 0.3) is 0 Å². The standard InChI is InChI=1S/C20H29N5O2/c1-5-24(6-2)18(19-8-7-11-27-19)12-21-20-16-9-10-25(15(4)26)13-17(16)22-14(3)23-20/h7-8,11,18H,5-6,9-10,12-13H2,1-4H3,(H,21,22,23). The summed E-state index contributed by atoms with van der Waals surface area (Å²) < 4.78 is 5.69. The molecule has 3 heterocycles. The Bertz CT molecular complexity index is 771. The van der Waals surface area contributed by atoms with E-state index < -0.39 is 0 Å². The largest absolute Gasteiger partial charge is 0.468 e. The number of fused-ring (bicyclic) bond motifs is 1. The first-order valence-corrected chi connectivity index (χ1v) is 9.66. The zero-order valence-corrected chi connectivity index (χ0v) is 16.7. The number of amides is 1. The second kappa shape index (κ2) is 8.52. The van der Waals surface area contributed by atoms with Gasteiger partial charge in [-0.3, -0.25) is 9.69 Å². The highest BCUT2D eigenvalue weighted by atomic mass is 16.3. The fourth-order valence-corrected chi connectivity index (χ4v) is 3.72. The average Bonchev–Trinajstić information content (AvgIpc) is 3.18. The van der Waals surface area contributed by atoms with Crippen molar-refractivity contribution >= 4 is 11.7 Å². The molecular formula is C20H29N5O2. The lowest BCUT2D eigenvalue weighted by molar-refractivity contribution is -0.129. The Hall–Kier alpha value is -2.41. The number of furan rings is 1. The molecule has 0 spiro atoms. The highest BCUT2D eigenvalue weighted by Gasteiger charge is 2.25. The Labute approximate surface area is 160 Å². The van der Waals surface area contributed by atoms with Crippen molar-refractivity contribution in [2.24, 2.45) is 0 Å². The normalized spacial score (nSPS) is 14.9. The van der Waals surface area contributed by atoms with Gasteiger partial charge in [-0.15, -0.1) is 0 Å². The molecule has 2 aromatic heterocycles. The van der Waals surface area contributed by atoms with Crippen LogP contribution in [0.1, 0.15) is 49.7 Å². The number of aryl methyl sites for hydroxylation is 1. The molecule has 1 N–H and O–H groups in total. The van der Waals surface area contributed by atoms with Gasteiger partial charge in [0.05, 0.1) is 24.5 Å². The first-order valence-electron chi connectivity index (χ1n) is 9.66. The van der Waals surface area contributed by atoms with E-state index in [2.05, 4.69) is 34.0 Å². The highest BCUT2D eigenvalue weighted by Crippen LogP contribution is 2.26. The number of nitrogens with one attached hydrogen (secondary N) is 1. The quantitative estimate of drug-likeness (QED) is 0.807. The molecule has 0 bridgehead atoms. The van der Waals surface area contributed by atoms with E-state index in [1.54, 1.807) is 13.2 Å². The summed E-state index contributed by atoms with van der Waals surface area (Å²) in [5.74, 6) is 2.64. The molecule has 1 aliphatic rings. The predicted octanol–water partition coefficient (Wildman–Crippen LogP) is 2.78. The third kappa shape index (κ3) is 4.30. The Morgan fingerprint density at radius 1 is 1.37 bits per heavy atom. The minimum atomic E-state index is 0.0887. The van der Waals surface area contributed by atoms with Crippen molar-refractivity contribution in [2.75, 3.05) is 31.5 Å². The van der Waals surface area contributed by atoms with Gasteiger partial charge in [0.25, 0.3) is 0 Å². The molecule has 0 aromatic carbocycles. The molecular weight excluding hydrogens is 342 g/mol. The van der Waals surface area contributed by atoms with Gasteiger partial charge in [0.2, 0.25) is 5.91 Å². The molecule has 0 saturated carbocycles. The number of anilines is 1. The van der Waals surface area contributed by atoms with Crippen LogP contribution in [0.2, 0.25) is 0 Å². The first-order chi connectivity index (χ1) is 13.0. The first kappa shape index (κ1) is 19.4. The number of rotatable bonds is 7. The fraction of sp³-hybridized carbons (Fsp3) is 0.550. The number of hydrogen-bond acceptors (Lipinski definition) is 6. The summed E-state index contributed by atoms with van der Waals surface area (Å²) in [6.45, 7) is 11.7. The van der Waals surface area contributed by atoms with Crippen LogP contribution in [0.3, 0.4) is 0 Å². The molecule has 1 aliphatic heterocycles. The smallest absolute Gasteiger partial charge is 0.219 e. The van der Waals surface area contributed by atoms with E-state index in [4.69, 9.17) is 4.42 Å². The van der Waals surface area contributed by atoms with Gasteiger partial charge in [-0.1, -0.05) is 13.8 Å². The maximum atomic E-state index is 11.7. The predicted molar refractivity (Wildman–Crippen MR) is 104 cm³/mol. The van der Waals surface area contributed by atoms with Gasteiger partial charge in [-0.2, -0.15) is 0 Å². The third-order valence-electron chi connectivity index (χ3n) is 5.21. The third-order valence-corrected chi connectivity index (χ3v) is 5.21. The molecule has 7 heteroatoms. The van der Waals surface area contributed by atoms with Crippen LogP contribution in [0.4, 0.5) is 5.82 Å². The van der Waals surface area contributed by atoms with Crippen molar-refractivity contribution in [2.45, 2.75) is 46.7 Å². The summed E-state index contributed by atoms with van der Waals surface area (Å²) in [4.78, 5) is 25.1. The Morgan fingerprint density at radius 3 is 2.78 bits per heavy atom. The van der Waals surface area contributed by atoms with Crippen LogP contribution in [0.5, 0.6) is 0 Å². The van der Waals surface area contributed by atoms with Crippen molar-refractivity contribution in [3.8, 4) is 0 Å². The molecule has 0 saturated heterocycles. The van der Waals surface area contributed by atoms with Crippen molar-refractivity contribution in [1.29, 1.82) is 0 Å². The lowest BCUT2D eigenvalue weighted by atomic mass is 10.0. The topological polar surface area (TPSA) is 74.5 Å². The van der Waals surface area contributed by atoms with E-state index in [-0.39, 0.29) is 11.9 Å². The minimum absolute atomic E-state index is 0.0887. The van der Waals surface area contributed by atoms with Crippen molar-refractivity contribution < 1.29 is 9.21 Å². The van der Waals surface area contributed by atoms with Crippen LogP contribution < -0.4 is 5.32 Å². The zero-order valence-electron chi connectivity index (χ0n) is 16.7. The van der Waals surface area contributed by atoms with Crippen molar-refractivity contribution in [1.82, 2.24) is 19.8 Å². The number of carbonyl (C=O) groups excluding carboxylic acids is 1. The number of nitrogens with zero attached hydrogens (tertiary/aromatic N) is 4. The number of hydrogen-bond donors (Lipinski definition) is 1. The molecule has 146 valence electrons. The van der Waals surface area contributed by atoms with Gasteiger partial charge in [0.15, 0.2) is 0 Å². The highest BCUT2D eigenvalue weighted by molar-refractivity contribution is 5.73. The Kier molecular flexibility index (Phi) is 6.11. The Balaban J connectivity index is 1.82.